The third-order valence-corrected chi connectivity index (χ3v) is 4.71. The predicted molar refractivity (Wildman–Crippen MR) is 120 cm³/mol. The Kier molecular flexibility index (Phi) is 11.5. The number of aryl methyl sites for hydroxylation is 1. The molecule has 1 heterocycles. The number of hydrogen-bond acceptors (Lipinski definition) is 5. The second-order valence-corrected chi connectivity index (χ2v) is 7.14. The highest BCUT2D eigenvalue weighted by Crippen LogP contribution is 2.26. The van der Waals surface area contributed by atoms with Crippen LogP contribution in [0.3, 0.4) is 0 Å². The first-order valence-corrected chi connectivity index (χ1v) is 11.0. The van der Waals surface area contributed by atoms with Gasteiger partial charge in [0.25, 0.3) is 11.8 Å². The van der Waals surface area contributed by atoms with E-state index >= 15 is 0 Å². The molecule has 0 N–H and O–H groups in total. The highest BCUT2D eigenvalue weighted by atomic mass is 35.5. The number of anilines is 1. The van der Waals surface area contributed by atoms with E-state index in [0.717, 1.165) is 35.6 Å². The summed E-state index contributed by atoms with van der Waals surface area (Å²) in [6.45, 7) is 8.90. The Morgan fingerprint density at radius 1 is 1.26 bits per heavy atom. The minimum Gasteiger partial charge on any atom is -0.436 e. The molecule has 0 radical (unpaired) electrons. The van der Waals surface area contributed by atoms with Gasteiger partial charge in [0.1, 0.15) is 12.7 Å². The number of unbranched alkanes of at least 4 members (excludes halogenated alkanes) is 3. The second kappa shape index (κ2) is 13.6. The molecule has 8 heteroatoms. The van der Waals surface area contributed by atoms with Crippen molar-refractivity contribution >= 4 is 35.2 Å². The summed E-state index contributed by atoms with van der Waals surface area (Å²) in [4.78, 5) is 43.6. The molecule has 1 aromatic rings. The maximum absolute atomic E-state index is 12.9. The zero-order valence-electron chi connectivity index (χ0n) is 18.9. The van der Waals surface area contributed by atoms with E-state index in [1.807, 2.05) is 13.8 Å². The van der Waals surface area contributed by atoms with Gasteiger partial charge in [0, 0.05) is 11.9 Å². The SMILES string of the molecule is CC.CC#CON(C(=O)CN1C(=O)OC(CCCCCC)C1=O)c1cc(Cl)ccc1C. The number of hydroxylamine groups is 1. The molecule has 0 spiro atoms. The van der Waals surface area contributed by atoms with Crippen molar-refractivity contribution in [3.8, 4) is 12.0 Å². The standard InChI is InChI=1S/C21H25ClN2O5.C2H6/c1-4-6-7-8-9-18-20(26)23(21(27)29-18)14-19(25)24(28-12-5-2)17-13-16(22)11-10-15(17)3;1-2/h10-11,13,18H,4,6-9,14H2,1-3H3;1-2H3. The molecule has 170 valence electrons. The van der Waals surface area contributed by atoms with E-state index < -0.39 is 30.6 Å². The summed E-state index contributed by atoms with van der Waals surface area (Å²) in [7, 11) is 0. The van der Waals surface area contributed by atoms with Crippen LogP contribution in [-0.4, -0.2) is 35.5 Å². The number of hydrogen-bond donors (Lipinski definition) is 0. The molecule has 1 aliphatic heterocycles. The molecule has 0 aromatic heterocycles. The van der Waals surface area contributed by atoms with Crippen molar-refractivity contribution in [2.75, 3.05) is 11.6 Å². The van der Waals surface area contributed by atoms with Gasteiger partial charge in [0.2, 0.25) is 0 Å². The summed E-state index contributed by atoms with van der Waals surface area (Å²) in [5, 5.41) is 1.34. The average Bonchev–Trinajstić information content (AvgIpc) is 3.02. The van der Waals surface area contributed by atoms with Gasteiger partial charge in [-0.2, -0.15) is 0 Å². The topological polar surface area (TPSA) is 76.2 Å². The summed E-state index contributed by atoms with van der Waals surface area (Å²) < 4.78 is 5.15. The van der Waals surface area contributed by atoms with Gasteiger partial charge in [-0.3, -0.25) is 9.59 Å². The number of benzene rings is 1. The lowest BCUT2D eigenvalue weighted by Gasteiger charge is -2.22. The molecule has 0 bridgehead atoms. The quantitative estimate of drug-likeness (QED) is 0.292. The molecule has 1 atom stereocenters. The second-order valence-electron chi connectivity index (χ2n) is 6.71. The van der Waals surface area contributed by atoms with Gasteiger partial charge in [0.15, 0.2) is 6.10 Å². The van der Waals surface area contributed by atoms with Crippen LogP contribution in [0.15, 0.2) is 18.2 Å². The summed E-state index contributed by atoms with van der Waals surface area (Å²) in [6.07, 6.45) is 5.01. The van der Waals surface area contributed by atoms with Gasteiger partial charge in [0.05, 0.1) is 5.69 Å². The zero-order chi connectivity index (χ0) is 23.4. The molecular formula is C23H31ClN2O5. The molecule has 1 aromatic carbocycles. The lowest BCUT2D eigenvalue weighted by Crippen LogP contribution is -2.43. The molecule has 1 unspecified atom stereocenters. The van der Waals surface area contributed by atoms with Crippen LogP contribution >= 0.6 is 11.6 Å². The van der Waals surface area contributed by atoms with Crippen LogP contribution in [0.2, 0.25) is 5.02 Å². The Hall–Kier alpha value is -2.72. The smallest absolute Gasteiger partial charge is 0.417 e. The van der Waals surface area contributed by atoms with E-state index in [-0.39, 0.29) is 0 Å². The zero-order valence-corrected chi connectivity index (χ0v) is 19.6. The third-order valence-electron chi connectivity index (χ3n) is 4.47. The van der Waals surface area contributed by atoms with Crippen molar-refractivity contribution < 1.29 is 24.0 Å². The predicted octanol–water partition coefficient (Wildman–Crippen LogP) is 5.24. The molecule has 0 saturated carbocycles. The van der Waals surface area contributed by atoms with Crippen molar-refractivity contribution in [1.29, 1.82) is 0 Å². The molecule has 2 rings (SSSR count). The van der Waals surface area contributed by atoms with Gasteiger partial charge in [-0.05, 0) is 37.5 Å². The molecular weight excluding hydrogens is 420 g/mol. The van der Waals surface area contributed by atoms with Gasteiger partial charge in [-0.25, -0.2) is 9.69 Å². The third kappa shape index (κ3) is 7.48. The molecule has 31 heavy (non-hydrogen) atoms. The first kappa shape index (κ1) is 26.3. The molecule has 0 aliphatic carbocycles. The van der Waals surface area contributed by atoms with Crippen molar-refractivity contribution in [1.82, 2.24) is 4.90 Å². The number of carbonyl (C=O) groups is 3. The Labute approximate surface area is 189 Å². The van der Waals surface area contributed by atoms with Crippen LogP contribution in [-0.2, 0) is 19.2 Å². The van der Waals surface area contributed by atoms with Crippen LogP contribution in [0.25, 0.3) is 0 Å². The Morgan fingerprint density at radius 3 is 2.61 bits per heavy atom. The van der Waals surface area contributed by atoms with Crippen LogP contribution in [0.1, 0.15) is 65.4 Å². The first-order chi connectivity index (χ1) is 14.9. The number of carbonyl (C=O) groups excluding carboxylic acids is 3. The minimum absolute atomic E-state index is 0.376. The van der Waals surface area contributed by atoms with E-state index in [1.54, 1.807) is 32.0 Å². The molecule has 7 nitrogen and oxygen atoms in total. The Balaban J connectivity index is 0.00000233. The van der Waals surface area contributed by atoms with Gasteiger partial charge in [-0.15, -0.1) is 5.06 Å². The van der Waals surface area contributed by atoms with Crippen LogP contribution in [0.5, 0.6) is 0 Å². The fraction of sp³-hybridized carbons (Fsp3) is 0.522. The van der Waals surface area contributed by atoms with E-state index in [4.69, 9.17) is 21.2 Å². The molecule has 3 amide bonds. The number of nitrogens with zero attached hydrogens (tertiary/aromatic N) is 2. The number of rotatable bonds is 9. The summed E-state index contributed by atoms with van der Waals surface area (Å²) in [5.41, 5.74) is 1.09. The van der Waals surface area contributed by atoms with Crippen LogP contribution in [0, 0.1) is 19.0 Å². The maximum Gasteiger partial charge on any atom is 0.417 e. The van der Waals surface area contributed by atoms with Gasteiger partial charge < -0.3 is 9.57 Å². The summed E-state index contributed by atoms with van der Waals surface area (Å²) in [5.74, 6) is 1.38. The van der Waals surface area contributed by atoms with Crippen LogP contribution in [0.4, 0.5) is 10.5 Å². The van der Waals surface area contributed by atoms with Crippen molar-refractivity contribution in [3.63, 3.8) is 0 Å². The fourth-order valence-corrected chi connectivity index (χ4v) is 3.07. The van der Waals surface area contributed by atoms with Crippen LogP contribution < -0.4 is 5.06 Å². The minimum atomic E-state index is -0.843. The highest BCUT2D eigenvalue weighted by Gasteiger charge is 2.42. The Bertz CT molecular complexity index is 831. The summed E-state index contributed by atoms with van der Waals surface area (Å²) in [6, 6.07) is 4.95. The number of ether oxygens (including phenoxy) is 1. The number of halogens is 1. The number of imide groups is 1. The monoisotopic (exact) mass is 450 g/mol. The van der Waals surface area contributed by atoms with E-state index in [9.17, 15) is 14.4 Å². The largest absolute Gasteiger partial charge is 0.436 e. The highest BCUT2D eigenvalue weighted by molar-refractivity contribution is 6.31. The fourth-order valence-electron chi connectivity index (χ4n) is 2.91. The van der Waals surface area contributed by atoms with E-state index in [1.165, 1.54) is 0 Å². The maximum atomic E-state index is 12.9. The normalized spacial score (nSPS) is 14.8. The van der Waals surface area contributed by atoms with Gasteiger partial charge in [-0.1, -0.05) is 63.6 Å². The Morgan fingerprint density at radius 2 is 1.97 bits per heavy atom. The van der Waals surface area contributed by atoms with Crippen molar-refractivity contribution in [2.24, 2.45) is 0 Å². The van der Waals surface area contributed by atoms with Crippen molar-refractivity contribution in [2.45, 2.75) is 72.8 Å². The average molecular weight is 451 g/mol. The lowest BCUT2D eigenvalue weighted by atomic mass is 10.1. The number of cyclic esters (lactones) is 1. The molecule has 1 saturated heterocycles. The lowest BCUT2D eigenvalue weighted by molar-refractivity contribution is -0.134. The molecule has 1 aliphatic rings. The summed E-state index contributed by atoms with van der Waals surface area (Å²) >= 11 is 6.04. The number of amides is 3. The molecule has 1 fully saturated rings. The first-order valence-electron chi connectivity index (χ1n) is 10.6. The van der Waals surface area contributed by atoms with E-state index in [0.29, 0.717) is 22.7 Å². The van der Waals surface area contributed by atoms with E-state index in [2.05, 4.69) is 19.0 Å². The van der Waals surface area contributed by atoms with Gasteiger partial charge >= 0.3 is 6.09 Å². The van der Waals surface area contributed by atoms with Crippen molar-refractivity contribution in [3.05, 3.63) is 28.8 Å².